The zero-order valence-corrected chi connectivity index (χ0v) is 12.8. The van der Waals surface area contributed by atoms with Crippen molar-refractivity contribution < 1.29 is 22.6 Å². The van der Waals surface area contributed by atoms with Crippen LogP contribution in [-0.2, 0) is 0 Å². The number of ether oxygens (including phenoxy) is 2. The number of hydrogen-bond acceptors (Lipinski definition) is 3. The van der Waals surface area contributed by atoms with Gasteiger partial charge in [0, 0.05) is 24.2 Å². The van der Waals surface area contributed by atoms with Gasteiger partial charge < -0.3 is 14.8 Å². The van der Waals surface area contributed by atoms with Gasteiger partial charge in [-0.25, -0.2) is 0 Å². The number of anilines is 1. The Labute approximate surface area is 123 Å². The second-order valence-corrected chi connectivity index (χ2v) is 5.07. The van der Waals surface area contributed by atoms with E-state index < -0.39 is 12.6 Å². The minimum Gasteiger partial charge on any atom is -0.493 e. The van der Waals surface area contributed by atoms with Crippen LogP contribution in [-0.4, -0.2) is 26.4 Å². The van der Waals surface area contributed by atoms with E-state index in [0.717, 1.165) is 11.3 Å². The van der Waals surface area contributed by atoms with Crippen molar-refractivity contribution in [1.29, 1.82) is 0 Å². The third-order valence-electron chi connectivity index (χ3n) is 3.23. The van der Waals surface area contributed by atoms with Crippen LogP contribution in [0.2, 0.25) is 0 Å². The number of methoxy groups -OCH3 is 2. The van der Waals surface area contributed by atoms with Gasteiger partial charge in [0.15, 0.2) is 11.5 Å². The number of rotatable bonds is 7. The SMILES string of the molecule is COc1cc(C)c(NC(C)CCCC(F)(F)F)cc1OC. The lowest BCUT2D eigenvalue weighted by Crippen LogP contribution is -2.17. The lowest BCUT2D eigenvalue weighted by atomic mass is 10.1. The van der Waals surface area contributed by atoms with Gasteiger partial charge in [0.2, 0.25) is 0 Å². The standard InChI is InChI=1S/C15H22F3NO2/c1-10-8-13(20-3)14(21-4)9-12(10)19-11(2)6-5-7-15(16,17)18/h8-9,11,19H,5-7H2,1-4H3. The van der Waals surface area contributed by atoms with Gasteiger partial charge in [0.25, 0.3) is 0 Å². The molecule has 0 aliphatic heterocycles. The first-order valence-electron chi connectivity index (χ1n) is 6.82. The summed E-state index contributed by atoms with van der Waals surface area (Å²) in [5.74, 6) is 1.22. The monoisotopic (exact) mass is 305 g/mol. The highest BCUT2D eigenvalue weighted by Gasteiger charge is 2.26. The molecule has 0 heterocycles. The lowest BCUT2D eigenvalue weighted by Gasteiger charge is -2.19. The Morgan fingerprint density at radius 2 is 1.71 bits per heavy atom. The van der Waals surface area contributed by atoms with E-state index in [1.807, 2.05) is 19.9 Å². The van der Waals surface area contributed by atoms with Gasteiger partial charge in [-0.2, -0.15) is 13.2 Å². The molecule has 3 nitrogen and oxygen atoms in total. The molecule has 0 radical (unpaired) electrons. The first-order chi connectivity index (χ1) is 9.76. The molecule has 0 aliphatic carbocycles. The van der Waals surface area contributed by atoms with E-state index in [4.69, 9.17) is 9.47 Å². The van der Waals surface area contributed by atoms with Crippen LogP contribution >= 0.6 is 0 Å². The molecule has 0 saturated heterocycles. The van der Waals surface area contributed by atoms with Gasteiger partial charge in [0.1, 0.15) is 0 Å². The molecule has 21 heavy (non-hydrogen) atoms. The lowest BCUT2D eigenvalue weighted by molar-refractivity contribution is -0.135. The van der Waals surface area contributed by atoms with Crippen molar-refractivity contribution in [2.24, 2.45) is 0 Å². The Hall–Kier alpha value is -1.59. The van der Waals surface area contributed by atoms with E-state index in [1.165, 1.54) is 0 Å². The number of aryl methyl sites for hydroxylation is 1. The molecule has 6 heteroatoms. The molecule has 1 atom stereocenters. The summed E-state index contributed by atoms with van der Waals surface area (Å²) in [5, 5.41) is 3.22. The molecule has 0 aliphatic rings. The Kier molecular flexibility index (Phi) is 6.18. The van der Waals surface area contributed by atoms with Gasteiger partial charge in [-0.15, -0.1) is 0 Å². The van der Waals surface area contributed by atoms with Gasteiger partial charge in [-0.3, -0.25) is 0 Å². The molecule has 0 aromatic heterocycles. The van der Waals surface area contributed by atoms with Crippen molar-refractivity contribution in [2.45, 2.75) is 45.3 Å². The zero-order valence-electron chi connectivity index (χ0n) is 12.8. The van der Waals surface area contributed by atoms with E-state index in [0.29, 0.717) is 17.9 Å². The Bertz CT molecular complexity index is 461. The van der Waals surface area contributed by atoms with Crippen molar-refractivity contribution in [3.8, 4) is 11.5 Å². The summed E-state index contributed by atoms with van der Waals surface area (Å²) < 4.78 is 46.8. The summed E-state index contributed by atoms with van der Waals surface area (Å²) in [7, 11) is 3.11. The van der Waals surface area contributed by atoms with Crippen molar-refractivity contribution in [1.82, 2.24) is 0 Å². The molecule has 0 bridgehead atoms. The summed E-state index contributed by atoms with van der Waals surface area (Å²) in [6.07, 6.45) is -4.26. The number of hydrogen-bond donors (Lipinski definition) is 1. The van der Waals surface area contributed by atoms with Crippen LogP contribution in [0.5, 0.6) is 11.5 Å². The predicted octanol–water partition coefficient (Wildman–Crippen LogP) is 4.55. The summed E-state index contributed by atoms with van der Waals surface area (Å²) in [4.78, 5) is 0. The molecule has 0 amide bonds. The highest BCUT2D eigenvalue weighted by atomic mass is 19.4. The van der Waals surface area contributed by atoms with Crippen molar-refractivity contribution in [3.63, 3.8) is 0 Å². The van der Waals surface area contributed by atoms with Gasteiger partial charge in [0.05, 0.1) is 14.2 Å². The van der Waals surface area contributed by atoms with E-state index in [2.05, 4.69) is 5.32 Å². The van der Waals surface area contributed by atoms with Crippen LogP contribution in [0.15, 0.2) is 12.1 Å². The molecule has 0 fully saturated rings. The molecular formula is C15H22F3NO2. The maximum absolute atomic E-state index is 12.1. The van der Waals surface area contributed by atoms with Crippen LogP contribution in [0.3, 0.4) is 0 Å². The molecule has 0 saturated carbocycles. The summed E-state index contributed by atoms with van der Waals surface area (Å²) in [6, 6.07) is 3.59. The highest BCUT2D eigenvalue weighted by Crippen LogP contribution is 2.33. The van der Waals surface area contributed by atoms with Crippen molar-refractivity contribution in [2.75, 3.05) is 19.5 Å². The van der Waals surface area contributed by atoms with Gasteiger partial charge in [-0.1, -0.05) is 0 Å². The molecule has 1 N–H and O–H groups in total. The van der Waals surface area contributed by atoms with Crippen LogP contribution in [0.4, 0.5) is 18.9 Å². The topological polar surface area (TPSA) is 30.5 Å². The predicted molar refractivity (Wildman–Crippen MR) is 77.3 cm³/mol. The third-order valence-corrected chi connectivity index (χ3v) is 3.23. The number of alkyl halides is 3. The third kappa shape index (κ3) is 5.73. The van der Waals surface area contributed by atoms with Gasteiger partial charge >= 0.3 is 6.18 Å². The normalized spacial score (nSPS) is 12.9. The zero-order chi connectivity index (χ0) is 16.0. The molecule has 1 aromatic carbocycles. The fraction of sp³-hybridized carbons (Fsp3) is 0.600. The Morgan fingerprint density at radius 3 is 2.24 bits per heavy atom. The van der Waals surface area contributed by atoms with Crippen molar-refractivity contribution >= 4 is 5.69 Å². The number of halogens is 3. The smallest absolute Gasteiger partial charge is 0.389 e. The summed E-state index contributed by atoms with van der Waals surface area (Å²) in [6.45, 7) is 3.78. The van der Waals surface area contributed by atoms with E-state index in [1.54, 1.807) is 20.3 Å². The van der Waals surface area contributed by atoms with E-state index >= 15 is 0 Å². The average Bonchev–Trinajstić information content (AvgIpc) is 2.39. The summed E-state index contributed by atoms with van der Waals surface area (Å²) >= 11 is 0. The van der Waals surface area contributed by atoms with E-state index in [-0.39, 0.29) is 12.5 Å². The number of nitrogens with one attached hydrogen (secondary N) is 1. The average molecular weight is 305 g/mol. The van der Waals surface area contributed by atoms with Crippen LogP contribution in [0, 0.1) is 6.92 Å². The largest absolute Gasteiger partial charge is 0.493 e. The summed E-state index contributed by atoms with van der Waals surface area (Å²) in [5.41, 5.74) is 1.79. The second-order valence-electron chi connectivity index (χ2n) is 5.07. The van der Waals surface area contributed by atoms with Crippen LogP contribution < -0.4 is 14.8 Å². The first-order valence-corrected chi connectivity index (χ1v) is 6.82. The molecule has 1 rings (SSSR count). The van der Waals surface area contributed by atoms with E-state index in [9.17, 15) is 13.2 Å². The molecule has 0 spiro atoms. The maximum atomic E-state index is 12.1. The first kappa shape index (κ1) is 17.5. The fourth-order valence-electron chi connectivity index (χ4n) is 2.08. The fourth-order valence-corrected chi connectivity index (χ4v) is 2.08. The minimum atomic E-state index is -4.08. The Morgan fingerprint density at radius 1 is 1.14 bits per heavy atom. The molecule has 120 valence electrons. The number of benzene rings is 1. The minimum absolute atomic E-state index is 0.0517. The quantitative estimate of drug-likeness (QED) is 0.802. The van der Waals surface area contributed by atoms with Crippen LogP contribution in [0.1, 0.15) is 31.7 Å². The maximum Gasteiger partial charge on any atom is 0.389 e. The van der Waals surface area contributed by atoms with Crippen molar-refractivity contribution in [3.05, 3.63) is 17.7 Å². The highest BCUT2D eigenvalue weighted by molar-refractivity contribution is 5.60. The Balaban J connectivity index is 2.65. The van der Waals surface area contributed by atoms with Crippen LogP contribution in [0.25, 0.3) is 0 Å². The molecular weight excluding hydrogens is 283 g/mol. The van der Waals surface area contributed by atoms with Gasteiger partial charge in [-0.05, 0) is 38.3 Å². The molecule has 1 unspecified atom stereocenters. The molecule has 1 aromatic rings. The second kappa shape index (κ2) is 7.43.